The average Bonchev–Trinajstić information content (AvgIpc) is 3.45. The van der Waals surface area contributed by atoms with Crippen LogP contribution in [0.2, 0.25) is 0 Å². The van der Waals surface area contributed by atoms with Crippen molar-refractivity contribution in [3.05, 3.63) is 84.1 Å². The lowest BCUT2D eigenvalue weighted by Crippen LogP contribution is -2.22. The fraction of sp³-hybridized carbons (Fsp3) is 0. The molecule has 1 amide bonds. The number of anilines is 1. The molecule has 3 N–H and O–H groups in total. The van der Waals surface area contributed by atoms with Crippen LogP contribution in [-0.4, -0.2) is 37.4 Å². The van der Waals surface area contributed by atoms with Crippen molar-refractivity contribution >= 4 is 28.7 Å². The molecule has 10 nitrogen and oxygen atoms in total. The number of rotatable bonds is 5. The maximum Gasteiger partial charge on any atom is 0.292 e. The van der Waals surface area contributed by atoms with Crippen LogP contribution in [0.25, 0.3) is 27.8 Å². The van der Waals surface area contributed by atoms with Gasteiger partial charge in [-0.25, -0.2) is 10.1 Å². The molecule has 5 rings (SSSR count). The predicted molar refractivity (Wildman–Crippen MR) is 118 cm³/mol. The van der Waals surface area contributed by atoms with E-state index in [2.05, 4.69) is 35.8 Å². The summed E-state index contributed by atoms with van der Waals surface area (Å²) in [5.74, 6) is -0.515. The second-order valence-corrected chi connectivity index (χ2v) is 6.81. The molecule has 10 heteroatoms. The van der Waals surface area contributed by atoms with Gasteiger partial charge in [0, 0.05) is 11.1 Å². The van der Waals surface area contributed by atoms with Gasteiger partial charge in [-0.3, -0.25) is 4.79 Å². The lowest BCUT2D eigenvalue weighted by atomic mass is 10.1. The Morgan fingerprint density at radius 1 is 1.00 bits per heavy atom. The topological polar surface area (TPSA) is 137 Å². The van der Waals surface area contributed by atoms with E-state index in [-0.39, 0.29) is 17.3 Å². The molecule has 0 fully saturated rings. The molecule has 32 heavy (non-hydrogen) atoms. The van der Waals surface area contributed by atoms with Gasteiger partial charge in [0.15, 0.2) is 5.69 Å². The van der Waals surface area contributed by atoms with Crippen molar-refractivity contribution in [3.8, 4) is 17.1 Å². The van der Waals surface area contributed by atoms with Gasteiger partial charge in [-0.05, 0) is 21.1 Å². The summed E-state index contributed by atoms with van der Waals surface area (Å²) in [7, 11) is 0. The predicted octanol–water partition coefficient (Wildman–Crippen LogP) is 2.82. The largest absolute Gasteiger partial charge is 0.378 e. The number of benzene rings is 3. The van der Waals surface area contributed by atoms with Crippen molar-refractivity contribution in [3.63, 3.8) is 0 Å². The average molecular weight is 424 g/mol. The van der Waals surface area contributed by atoms with Crippen molar-refractivity contribution in [2.24, 2.45) is 5.10 Å². The highest BCUT2D eigenvalue weighted by Crippen LogP contribution is 2.24. The molecular weight excluding hydrogens is 408 g/mol. The van der Waals surface area contributed by atoms with Crippen LogP contribution in [0, 0.1) is 0 Å². The van der Waals surface area contributed by atoms with Gasteiger partial charge < -0.3 is 5.73 Å². The first kappa shape index (κ1) is 19.1. The lowest BCUT2D eigenvalue weighted by Gasteiger charge is -2.05. The summed E-state index contributed by atoms with van der Waals surface area (Å²) >= 11 is 0. The first-order valence-corrected chi connectivity index (χ1v) is 9.63. The number of nitrogens with one attached hydrogen (secondary N) is 1. The zero-order valence-corrected chi connectivity index (χ0v) is 16.6. The third kappa shape index (κ3) is 3.45. The number of fused-ring (bicyclic) bond motifs is 1. The highest BCUT2D eigenvalue weighted by molar-refractivity contribution is 6.02. The van der Waals surface area contributed by atoms with E-state index in [1.807, 2.05) is 72.8 Å². The minimum atomic E-state index is -0.548. The van der Waals surface area contributed by atoms with Gasteiger partial charge in [-0.2, -0.15) is 9.78 Å². The molecule has 3 aromatic carbocycles. The van der Waals surface area contributed by atoms with Gasteiger partial charge in [0.2, 0.25) is 11.6 Å². The first-order chi connectivity index (χ1) is 15.7. The van der Waals surface area contributed by atoms with E-state index in [1.54, 1.807) is 6.21 Å². The Bertz CT molecular complexity index is 1430. The Morgan fingerprint density at radius 3 is 2.59 bits per heavy atom. The van der Waals surface area contributed by atoms with Crippen molar-refractivity contribution < 1.29 is 9.42 Å². The number of carbonyl (C=O) groups excluding carboxylic acids is 1. The molecule has 0 aliphatic heterocycles. The van der Waals surface area contributed by atoms with Crippen LogP contribution in [0.5, 0.6) is 0 Å². The summed E-state index contributed by atoms with van der Waals surface area (Å²) in [4.78, 5) is 13.1. The molecule has 0 radical (unpaired) electrons. The third-order valence-corrected chi connectivity index (χ3v) is 4.82. The van der Waals surface area contributed by atoms with E-state index in [9.17, 15) is 4.79 Å². The van der Waals surface area contributed by atoms with Crippen molar-refractivity contribution in [1.29, 1.82) is 0 Å². The van der Waals surface area contributed by atoms with Crippen LogP contribution in [0.4, 0.5) is 5.82 Å². The van der Waals surface area contributed by atoms with E-state index in [4.69, 9.17) is 5.73 Å². The highest BCUT2D eigenvalue weighted by atomic mass is 16.6. The number of nitrogens with two attached hydrogens (primary N) is 1. The monoisotopic (exact) mass is 424 g/mol. The van der Waals surface area contributed by atoms with Gasteiger partial charge in [-0.1, -0.05) is 78.0 Å². The maximum atomic E-state index is 13.1. The third-order valence-electron chi connectivity index (χ3n) is 4.82. The van der Waals surface area contributed by atoms with Gasteiger partial charge in [0.1, 0.15) is 5.69 Å². The highest BCUT2D eigenvalue weighted by Gasteiger charge is 2.25. The molecule has 156 valence electrons. The molecule has 0 aliphatic carbocycles. The van der Waals surface area contributed by atoms with Crippen molar-refractivity contribution in [2.75, 3.05) is 5.73 Å². The van der Waals surface area contributed by atoms with E-state index in [0.717, 1.165) is 16.3 Å². The number of aromatic nitrogens is 5. The number of hydrogen-bond acceptors (Lipinski definition) is 8. The first-order valence-electron chi connectivity index (χ1n) is 9.63. The summed E-state index contributed by atoms with van der Waals surface area (Å²) in [6.07, 6.45) is 1.59. The standard InChI is InChI=1S/C22H16N8O2/c23-20-21(28-32-27-20)30-19(18(25-29-30)15-8-2-1-3-9-15)22(31)26-24-13-16-11-6-10-14-7-4-5-12-17(14)16/h1-13H,(H2,23,27)(H,26,31)/b24-13+. The number of hydrazone groups is 1. The Labute approximate surface area is 181 Å². The summed E-state index contributed by atoms with van der Waals surface area (Å²) in [6.45, 7) is 0. The second-order valence-electron chi connectivity index (χ2n) is 6.81. The minimum absolute atomic E-state index is 0.0252. The van der Waals surface area contributed by atoms with Gasteiger partial charge in [0.05, 0.1) is 6.21 Å². The zero-order chi connectivity index (χ0) is 21.9. The fourth-order valence-corrected chi connectivity index (χ4v) is 3.34. The molecule has 0 saturated carbocycles. The smallest absolute Gasteiger partial charge is 0.292 e. The van der Waals surface area contributed by atoms with Crippen molar-refractivity contribution in [2.45, 2.75) is 0 Å². The molecule has 5 aromatic rings. The van der Waals surface area contributed by atoms with Crippen molar-refractivity contribution in [1.82, 2.24) is 30.7 Å². The zero-order valence-electron chi connectivity index (χ0n) is 16.6. The number of amides is 1. The number of hydrogen-bond donors (Lipinski definition) is 2. The molecule has 0 aliphatic rings. The summed E-state index contributed by atoms with van der Waals surface area (Å²) < 4.78 is 5.83. The molecular formula is C22H16N8O2. The van der Waals surface area contributed by atoms with E-state index >= 15 is 0 Å². The maximum absolute atomic E-state index is 13.1. The molecule has 0 saturated heterocycles. The normalized spacial score (nSPS) is 11.2. The van der Waals surface area contributed by atoms with Crippen LogP contribution in [0.1, 0.15) is 16.1 Å². The summed E-state index contributed by atoms with van der Waals surface area (Å²) in [5, 5.41) is 21.7. The Kier molecular flexibility index (Phi) is 4.85. The van der Waals surface area contributed by atoms with Crippen LogP contribution >= 0.6 is 0 Å². The van der Waals surface area contributed by atoms with E-state index in [0.29, 0.717) is 11.3 Å². The second kappa shape index (κ2) is 8.11. The molecule has 2 heterocycles. The molecule has 0 bridgehead atoms. The molecule has 2 aromatic heterocycles. The van der Waals surface area contributed by atoms with E-state index < -0.39 is 5.91 Å². The summed E-state index contributed by atoms with van der Waals surface area (Å²) in [6, 6.07) is 22.9. The lowest BCUT2D eigenvalue weighted by molar-refractivity contribution is 0.0948. The number of nitrogens with zero attached hydrogens (tertiary/aromatic N) is 6. The van der Waals surface area contributed by atoms with E-state index in [1.165, 1.54) is 4.68 Å². The molecule has 0 atom stereocenters. The SMILES string of the molecule is Nc1nonc1-n1nnc(-c2ccccc2)c1C(=O)N/N=C/c1cccc2ccccc12. The molecule has 0 spiro atoms. The number of nitrogen functional groups attached to an aromatic ring is 1. The summed E-state index contributed by atoms with van der Waals surface area (Å²) in [5.41, 5.74) is 10.3. The quantitative estimate of drug-likeness (QED) is 0.327. The fourth-order valence-electron chi connectivity index (χ4n) is 3.34. The Balaban J connectivity index is 1.50. The van der Waals surface area contributed by atoms with Gasteiger partial charge in [0.25, 0.3) is 5.91 Å². The number of carbonyl (C=O) groups is 1. The molecule has 0 unspecified atom stereocenters. The van der Waals surface area contributed by atoms with Crippen LogP contribution < -0.4 is 11.2 Å². The van der Waals surface area contributed by atoms with Crippen LogP contribution in [0.3, 0.4) is 0 Å². The van der Waals surface area contributed by atoms with Crippen LogP contribution in [-0.2, 0) is 0 Å². The van der Waals surface area contributed by atoms with Gasteiger partial charge in [-0.15, -0.1) is 5.10 Å². The Morgan fingerprint density at radius 2 is 1.78 bits per heavy atom. The van der Waals surface area contributed by atoms with Gasteiger partial charge >= 0.3 is 0 Å². The minimum Gasteiger partial charge on any atom is -0.378 e. The van der Waals surface area contributed by atoms with Crippen LogP contribution in [0.15, 0.2) is 82.5 Å². The Hall–Kier alpha value is -4.86.